The van der Waals surface area contributed by atoms with E-state index >= 15 is 0 Å². The maximum Gasteiger partial charge on any atom is 0.460 e. The minimum atomic E-state index is -8.96. The number of hydrogen-bond donors (Lipinski definition) is 2. The molecule has 0 aliphatic rings. The molecule has 0 bridgehead atoms. The second-order valence-corrected chi connectivity index (χ2v) is 14.1. The molecule has 2 N–H and O–H groups in total. The Labute approximate surface area is 346 Å². The standard InChI is InChI=1S/C29H22F34O4/c30-14(31,16(34,35)18(38,39)20(42,43)22(46,47)24(50,51)26(54,55)28(58,59)60)8-2-6-10(12(64)65)4-1-5-11(13(66)67)7-3-9-15(32,33)17(36,37)19(40,41)21(44,45)23(48,49)25(52,53)27(56,57)29(61,62)63/h10-11H,1-9H2,(H,64,65)(H,66,67). The first-order chi connectivity index (χ1) is 28.8. The smallest absolute Gasteiger partial charge is 0.460 e. The summed E-state index contributed by atoms with van der Waals surface area (Å²) in [6.45, 7) is 0. The van der Waals surface area contributed by atoms with Crippen molar-refractivity contribution >= 4 is 11.9 Å². The van der Waals surface area contributed by atoms with Gasteiger partial charge in [0.2, 0.25) is 0 Å². The van der Waals surface area contributed by atoms with E-state index in [9.17, 15) is 159 Å². The number of rotatable bonds is 26. The van der Waals surface area contributed by atoms with Crippen molar-refractivity contribution in [2.45, 2.75) is 153 Å². The summed E-state index contributed by atoms with van der Waals surface area (Å²) in [7, 11) is 0. The van der Waals surface area contributed by atoms with Gasteiger partial charge in [0.1, 0.15) is 0 Å². The van der Waals surface area contributed by atoms with Gasteiger partial charge < -0.3 is 10.2 Å². The molecule has 0 aliphatic carbocycles. The lowest BCUT2D eigenvalue weighted by Gasteiger charge is -2.42. The number of alkyl halides is 34. The van der Waals surface area contributed by atoms with Crippen LogP contribution in [0.2, 0.25) is 0 Å². The summed E-state index contributed by atoms with van der Waals surface area (Å²) in [6, 6.07) is 0. The van der Waals surface area contributed by atoms with E-state index in [4.69, 9.17) is 10.2 Å². The van der Waals surface area contributed by atoms with E-state index in [0.29, 0.717) is 0 Å². The van der Waals surface area contributed by atoms with Crippen LogP contribution in [0.1, 0.15) is 57.8 Å². The summed E-state index contributed by atoms with van der Waals surface area (Å²) in [4.78, 5) is 22.9. The third-order valence-corrected chi connectivity index (χ3v) is 9.46. The summed E-state index contributed by atoms with van der Waals surface area (Å²) in [6.07, 6.45) is -33.1. The Bertz CT molecular complexity index is 1590. The highest BCUT2D eigenvalue weighted by Crippen LogP contribution is 2.66. The van der Waals surface area contributed by atoms with Gasteiger partial charge in [-0.15, -0.1) is 0 Å². The SMILES string of the molecule is O=C(O)C(CCCC(CCCC(F)(F)C(F)(F)C(F)(F)C(F)(F)C(F)(F)C(F)(F)C(F)(F)C(F)(F)F)C(=O)O)CCCC(F)(F)C(F)(F)C(F)(F)C(F)(F)C(F)(F)C(F)(F)C(F)(F)C(F)(F)F. The number of hydrogen-bond acceptors (Lipinski definition) is 2. The molecule has 0 radical (unpaired) electrons. The summed E-state index contributed by atoms with van der Waals surface area (Å²) in [5.41, 5.74) is 0. The first kappa shape index (κ1) is 63.6. The Balaban J connectivity index is 6.11. The molecule has 0 amide bonds. The largest absolute Gasteiger partial charge is 0.481 e. The number of aliphatic carboxylic acids is 2. The monoisotopic (exact) mass is 1080 g/mol. The van der Waals surface area contributed by atoms with E-state index in [1.54, 1.807) is 0 Å². The van der Waals surface area contributed by atoms with Crippen LogP contribution in [0.4, 0.5) is 149 Å². The summed E-state index contributed by atoms with van der Waals surface area (Å²) < 4.78 is 457. The molecule has 0 heterocycles. The van der Waals surface area contributed by atoms with Gasteiger partial charge in [-0.3, -0.25) is 9.59 Å². The Hall–Kier alpha value is -3.44. The second kappa shape index (κ2) is 18.4. The van der Waals surface area contributed by atoms with Gasteiger partial charge in [-0.05, 0) is 38.5 Å². The van der Waals surface area contributed by atoms with Crippen LogP contribution in [-0.4, -0.2) is 117 Å². The zero-order valence-corrected chi connectivity index (χ0v) is 31.1. The summed E-state index contributed by atoms with van der Waals surface area (Å²) in [5, 5.41) is 18.3. The number of carbonyl (C=O) groups is 2. The summed E-state index contributed by atoms with van der Waals surface area (Å²) in [5.74, 6) is -127. The highest BCUT2D eigenvalue weighted by molar-refractivity contribution is 5.70. The van der Waals surface area contributed by atoms with Crippen molar-refractivity contribution in [2.75, 3.05) is 0 Å². The molecule has 0 spiro atoms. The molecular formula is C29H22F34O4. The van der Waals surface area contributed by atoms with Gasteiger partial charge in [0, 0.05) is 12.8 Å². The molecule has 0 aliphatic heterocycles. The molecular weight excluding hydrogens is 1060 g/mol. The van der Waals surface area contributed by atoms with Crippen LogP contribution in [0, 0.1) is 11.8 Å². The average Bonchev–Trinajstić information content (AvgIpc) is 3.11. The number of carboxylic acid groups (broad SMARTS) is 2. The molecule has 400 valence electrons. The Kier molecular flexibility index (Phi) is 17.4. The lowest BCUT2D eigenvalue weighted by atomic mass is 9.86. The minimum absolute atomic E-state index is 1.08. The Morgan fingerprint density at radius 1 is 0.269 bits per heavy atom. The molecule has 38 heteroatoms. The third kappa shape index (κ3) is 10.1. The van der Waals surface area contributed by atoms with Crippen LogP contribution >= 0.6 is 0 Å². The van der Waals surface area contributed by atoms with E-state index in [1.165, 1.54) is 0 Å². The predicted molar refractivity (Wildman–Crippen MR) is 145 cm³/mol. The average molecular weight is 1080 g/mol. The molecule has 67 heavy (non-hydrogen) atoms. The third-order valence-electron chi connectivity index (χ3n) is 9.46. The normalized spacial score (nSPS) is 16.9. The van der Waals surface area contributed by atoms with E-state index in [1.807, 2.05) is 0 Å². The molecule has 0 rings (SSSR count). The van der Waals surface area contributed by atoms with Crippen molar-refractivity contribution in [3.05, 3.63) is 0 Å². The van der Waals surface area contributed by atoms with Gasteiger partial charge in [0.15, 0.2) is 0 Å². The van der Waals surface area contributed by atoms with Crippen LogP contribution < -0.4 is 0 Å². The number of halogens is 34. The number of carboxylic acids is 2. The second-order valence-electron chi connectivity index (χ2n) is 14.1. The Morgan fingerprint density at radius 3 is 0.612 bits per heavy atom. The molecule has 4 nitrogen and oxygen atoms in total. The quantitative estimate of drug-likeness (QED) is 0.0847. The lowest BCUT2D eigenvalue weighted by Crippen LogP contribution is -2.74. The zero-order valence-electron chi connectivity index (χ0n) is 31.1. The molecule has 0 aromatic heterocycles. The molecule has 0 saturated carbocycles. The molecule has 0 saturated heterocycles. The first-order valence-corrected chi connectivity index (χ1v) is 16.7. The van der Waals surface area contributed by atoms with Gasteiger partial charge in [-0.2, -0.15) is 149 Å². The van der Waals surface area contributed by atoms with Gasteiger partial charge in [-0.1, -0.05) is 6.42 Å². The van der Waals surface area contributed by atoms with E-state index in [-0.39, 0.29) is 0 Å². The van der Waals surface area contributed by atoms with E-state index in [0.717, 1.165) is 0 Å². The lowest BCUT2D eigenvalue weighted by molar-refractivity contribution is -0.461. The van der Waals surface area contributed by atoms with E-state index < -0.39 is 177 Å². The van der Waals surface area contributed by atoms with Crippen molar-refractivity contribution in [2.24, 2.45) is 11.8 Å². The van der Waals surface area contributed by atoms with Crippen molar-refractivity contribution in [3.8, 4) is 0 Å². The van der Waals surface area contributed by atoms with Gasteiger partial charge in [0.05, 0.1) is 11.8 Å². The molecule has 0 aromatic carbocycles. The molecule has 2 unspecified atom stereocenters. The fourth-order valence-electron chi connectivity index (χ4n) is 5.24. The highest BCUT2D eigenvalue weighted by atomic mass is 19.4. The first-order valence-electron chi connectivity index (χ1n) is 16.7. The van der Waals surface area contributed by atoms with Crippen LogP contribution in [0.5, 0.6) is 0 Å². The van der Waals surface area contributed by atoms with Crippen molar-refractivity contribution in [3.63, 3.8) is 0 Å². The highest BCUT2D eigenvalue weighted by Gasteiger charge is 2.96. The summed E-state index contributed by atoms with van der Waals surface area (Å²) >= 11 is 0. The molecule has 2 atom stereocenters. The van der Waals surface area contributed by atoms with Crippen molar-refractivity contribution in [1.82, 2.24) is 0 Å². The maximum absolute atomic E-state index is 14.2. The van der Waals surface area contributed by atoms with Crippen molar-refractivity contribution in [1.29, 1.82) is 0 Å². The fraction of sp³-hybridized carbons (Fsp3) is 0.931. The van der Waals surface area contributed by atoms with Crippen molar-refractivity contribution < 1.29 is 169 Å². The predicted octanol–water partition coefficient (Wildman–Crippen LogP) is 13.9. The minimum Gasteiger partial charge on any atom is -0.481 e. The van der Waals surface area contributed by atoms with Gasteiger partial charge >= 0.3 is 107 Å². The van der Waals surface area contributed by atoms with Gasteiger partial charge in [0.25, 0.3) is 0 Å². The topological polar surface area (TPSA) is 74.6 Å². The molecule has 0 aromatic rings. The zero-order chi connectivity index (χ0) is 54.7. The molecule has 0 fully saturated rings. The van der Waals surface area contributed by atoms with Crippen LogP contribution in [0.25, 0.3) is 0 Å². The van der Waals surface area contributed by atoms with Crippen LogP contribution in [0.3, 0.4) is 0 Å². The van der Waals surface area contributed by atoms with Crippen LogP contribution in [-0.2, 0) is 9.59 Å². The van der Waals surface area contributed by atoms with Crippen LogP contribution in [0.15, 0.2) is 0 Å². The maximum atomic E-state index is 14.2. The van der Waals surface area contributed by atoms with E-state index in [2.05, 4.69) is 0 Å². The van der Waals surface area contributed by atoms with Gasteiger partial charge in [-0.25, -0.2) is 0 Å². The Morgan fingerprint density at radius 2 is 0.433 bits per heavy atom. The fourth-order valence-corrected chi connectivity index (χ4v) is 5.24.